The average molecular weight is 475 g/mol. The fourth-order valence-electron chi connectivity index (χ4n) is 2.82. The van der Waals surface area contributed by atoms with Gasteiger partial charge in [0.05, 0.1) is 5.56 Å². The van der Waals surface area contributed by atoms with E-state index >= 15 is 0 Å². The van der Waals surface area contributed by atoms with Crippen LogP contribution < -0.4 is 21.1 Å². The van der Waals surface area contributed by atoms with Gasteiger partial charge in [-0.1, -0.05) is 19.3 Å². The van der Waals surface area contributed by atoms with Crippen LogP contribution in [0.3, 0.4) is 0 Å². The molecule has 0 fully saturated rings. The standard InChI is InChI=1S/C20H25F3N4O4S/c1-11-9-13(21)12(16(23)15(11)22)10-31-17-14(19(28)29)18(32-27-17)26-20(30)25-8-6-4-2-3-5-7-24/h9H,2-8,10,24H2,1H3,(H,28,29)(H2,25,26,30). The Balaban J connectivity index is 1.97. The molecule has 5 N–H and O–H groups in total. The van der Waals surface area contributed by atoms with Gasteiger partial charge in [0.25, 0.3) is 0 Å². The third-order valence-corrected chi connectivity index (χ3v) is 5.30. The number of nitrogens with zero attached hydrogens (tertiary/aromatic N) is 1. The van der Waals surface area contributed by atoms with Crippen LogP contribution in [0.25, 0.3) is 0 Å². The first-order chi connectivity index (χ1) is 15.3. The van der Waals surface area contributed by atoms with E-state index in [4.69, 9.17) is 10.5 Å². The molecule has 0 spiro atoms. The molecule has 32 heavy (non-hydrogen) atoms. The molecule has 0 saturated heterocycles. The maximum Gasteiger partial charge on any atom is 0.344 e. The second kappa shape index (κ2) is 12.2. The highest BCUT2D eigenvalue weighted by molar-refractivity contribution is 7.11. The third kappa shape index (κ3) is 6.82. The van der Waals surface area contributed by atoms with Crippen molar-refractivity contribution in [1.29, 1.82) is 0 Å². The second-order valence-corrected chi connectivity index (χ2v) is 7.78. The zero-order chi connectivity index (χ0) is 23.7. The molecule has 0 atom stereocenters. The Morgan fingerprint density at radius 3 is 2.53 bits per heavy atom. The summed E-state index contributed by atoms with van der Waals surface area (Å²) >= 11 is 0.634. The molecule has 0 unspecified atom stereocenters. The number of ether oxygens (including phenoxy) is 1. The molecule has 1 aromatic heterocycles. The van der Waals surface area contributed by atoms with Gasteiger partial charge in [-0.2, -0.15) is 4.37 Å². The number of aromatic nitrogens is 1. The number of amides is 2. The zero-order valence-electron chi connectivity index (χ0n) is 17.5. The minimum Gasteiger partial charge on any atom is -0.477 e. The Kier molecular flexibility index (Phi) is 9.72. The fraction of sp³-hybridized carbons (Fsp3) is 0.450. The Bertz CT molecular complexity index is 955. The van der Waals surface area contributed by atoms with E-state index in [1.165, 1.54) is 6.92 Å². The smallest absolute Gasteiger partial charge is 0.344 e. The SMILES string of the molecule is Cc1cc(F)c(COc2nsc(NC(=O)NCCCCCCCN)c2C(=O)O)c(F)c1F. The van der Waals surface area contributed by atoms with E-state index < -0.39 is 53.1 Å². The number of hydrogen-bond acceptors (Lipinski definition) is 6. The number of carboxylic acid groups (broad SMARTS) is 1. The van der Waals surface area contributed by atoms with E-state index in [9.17, 15) is 27.9 Å². The number of rotatable bonds is 12. The number of nitrogens with one attached hydrogen (secondary N) is 2. The van der Waals surface area contributed by atoms with Crippen molar-refractivity contribution in [3.63, 3.8) is 0 Å². The Labute approximate surface area is 187 Å². The first kappa shape index (κ1) is 25.4. The molecule has 0 radical (unpaired) electrons. The summed E-state index contributed by atoms with van der Waals surface area (Å²) in [5, 5.41) is 14.3. The van der Waals surface area contributed by atoms with Crippen molar-refractivity contribution in [3.8, 4) is 5.88 Å². The number of nitrogens with two attached hydrogens (primary N) is 1. The van der Waals surface area contributed by atoms with Crippen molar-refractivity contribution in [2.45, 2.75) is 45.6 Å². The minimum absolute atomic E-state index is 0.107. The number of benzene rings is 1. The van der Waals surface area contributed by atoms with Crippen LogP contribution in [0.4, 0.5) is 23.0 Å². The molecular formula is C20H25F3N4O4S. The topological polar surface area (TPSA) is 127 Å². The quantitative estimate of drug-likeness (QED) is 0.270. The first-order valence-electron chi connectivity index (χ1n) is 9.99. The van der Waals surface area contributed by atoms with Crippen LogP contribution in [0.1, 0.15) is 53.6 Å². The summed E-state index contributed by atoms with van der Waals surface area (Å²) in [6.07, 6.45) is 4.67. The first-order valence-corrected chi connectivity index (χ1v) is 10.8. The Morgan fingerprint density at radius 2 is 1.84 bits per heavy atom. The predicted molar refractivity (Wildman–Crippen MR) is 114 cm³/mol. The highest BCUT2D eigenvalue weighted by Gasteiger charge is 2.25. The number of urea groups is 1. The minimum atomic E-state index is -1.46. The highest BCUT2D eigenvalue weighted by Crippen LogP contribution is 2.31. The number of aryl methyl sites for hydroxylation is 1. The molecule has 2 rings (SSSR count). The molecule has 0 aliphatic carbocycles. The fourth-order valence-corrected chi connectivity index (χ4v) is 3.54. The molecule has 12 heteroatoms. The van der Waals surface area contributed by atoms with Gasteiger partial charge in [-0.3, -0.25) is 5.32 Å². The molecule has 2 aromatic rings. The van der Waals surface area contributed by atoms with Gasteiger partial charge in [0, 0.05) is 6.54 Å². The second-order valence-electron chi connectivity index (χ2n) is 7.00. The van der Waals surface area contributed by atoms with Gasteiger partial charge in [-0.25, -0.2) is 22.8 Å². The van der Waals surface area contributed by atoms with Gasteiger partial charge in [-0.05, 0) is 49.5 Å². The number of carboxylic acids is 1. The number of anilines is 1. The number of carbonyl (C=O) groups excluding carboxylic acids is 1. The van der Waals surface area contributed by atoms with Crippen molar-refractivity contribution in [2.24, 2.45) is 5.73 Å². The van der Waals surface area contributed by atoms with E-state index in [-0.39, 0.29) is 10.6 Å². The largest absolute Gasteiger partial charge is 0.477 e. The predicted octanol–water partition coefficient (Wildman–Crippen LogP) is 4.18. The van der Waals surface area contributed by atoms with E-state index in [1.807, 2.05) is 0 Å². The maximum atomic E-state index is 14.0. The van der Waals surface area contributed by atoms with Crippen molar-refractivity contribution < 1.29 is 32.6 Å². The zero-order valence-corrected chi connectivity index (χ0v) is 18.3. The molecule has 0 aliphatic rings. The van der Waals surface area contributed by atoms with E-state index in [0.717, 1.165) is 38.2 Å². The lowest BCUT2D eigenvalue weighted by atomic mass is 10.1. The maximum absolute atomic E-state index is 14.0. The van der Waals surface area contributed by atoms with Crippen LogP contribution in [0.15, 0.2) is 6.07 Å². The average Bonchev–Trinajstić information content (AvgIpc) is 3.14. The van der Waals surface area contributed by atoms with Crippen molar-refractivity contribution >= 4 is 28.5 Å². The molecule has 2 amide bonds. The van der Waals surface area contributed by atoms with Gasteiger partial charge < -0.3 is 20.9 Å². The van der Waals surface area contributed by atoms with E-state index in [0.29, 0.717) is 24.6 Å². The molecule has 1 aromatic carbocycles. The van der Waals surface area contributed by atoms with Crippen LogP contribution in [0, 0.1) is 24.4 Å². The number of halogens is 3. The molecule has 1 heterocycles. The van der Waals surface area contributed by atoms with Crippen LogP contribution in [-0.4, -0.2) is 34.6 Å². The summed E-state index contributed by atoms with van der Waals surface area (Å²) in [7, 11) is 0. The number of unbranched alkanes of at least 4 members (excludes halogenated alkanes) is 4. The van der Waals surface area contributed by atoms with Gasteiger partial charge in [0.15, 0.2) is 17.2 Å². The molecule has 0 saturated carbocycles. The molecule has 176 valence electrons. The van der Waals surface area contributed by atoms with Crippen molar-refractivity contribution in [1.82, 2.24) is 9.69 Å². The normalized spacial score (nSPS) is 10.8. The summed E-state index contributed by atoms with van der Waals surface area (Å²) < 4.78 is 50.6. The summed E-state index contributed by atoms with van der Waals surface area (Å²) in [5.74, 6) is -5.58. The van der Waals surface area contributed by atoms with Gasteiger partial charge >= 0.3 is 12.0 Å². The number of hydrogen-bond donors (Lipinski definition) is 4. The van der Waals surface area contributed by atoms with Crippen molar-refractivity contribution in [3.05, 3.63) is 40.2 Å². The lowest BCUT2D eigenvalue weighted by Crippen LogP contribution is -2.29. The number of aromatic carboxylic acids is 1. The molecule has 8 nitrogen and oxygen atoms in total. The summed E-state index contributed by atoms with van der Waals surface area (Å²) in [6.45, 7) is 1.48. The third-order valence-electron chi connectivity index (χ3n) is 4.56. The highest BCUT2D eigenvalue weighted by atomic mass is 32.1. The Morgan fingerprint density at radius 1 is 1.16 bits per heavy atom. The van der Waals surface area contributed by atoms with Gasteiger partial charge in [0.1, 0.15) is 17.4 Å². The summed E-state index contributed by atoms with van der Waals surface area (Å²) in [6, 6.07) is 0.188. The van der Waals surface area contributed by atoms with Gasteiger partial charge in [0.2, 0.25) is 5.88 Å². The lowest BCUT2D eigenvalue weighted by molar-refractivity contribution is 0.0693. The molecule has 0 bridgehead atoms. The van der Waals surface area contributed by atoms with Crippen molar-refractivity contribution in [2.75, 3.05) is 18.4 Å². The Hall–Kier alpha value is -2.86. The monoisotopic (exact) mass is 474 g/mol. The van der Waals surface area contributed by atoms with Crippen LogP contribution >= 0.6 is 11.5 Å². The summed E-state index contributed by atoms with van der Waals surface area (Å²) in [4.78, 5) is 23.6. The van der Waals surface area contributed by atoms with Crippen LogP contribution in [-0.2, 0) is 6.61 Å². The summed E-state index contributed by atoms with van der Waals surface area (Å²) in [5.41, 5.74) is 4.04. The molecular weight excluding hydrogens is 449 g/mol. The molecule has 0 aliphatic heterocycles. The lowest BCUT2D eigenvalue weighted by Gasteiger charge is -2.09. The van der Waals surface area contributed by atoms with E-state index in [2.05, 4.69) is 15.0 Å². The van der Waals surface area contributed by atoms with Crippen LogP contribution in [0.5, 0.6) is 5.88 Å². The van der Waals surface area contributed by atoms with E-state index in [1.54, 1.807) is 0 Å². The van der Waals surface area contributed by atoms with Crippen LogP contribution in [0.2, 0.25) is 0 Å². The number of carbonyl (C=O) groups is 2. The van der Waals surface area contributed by atoms with Gasteiger partial charge in [-0.15, -0.1) is 0 Å².